The van der Waals surface area contributed by atoms with Gasteiger partial charge in [-0.15, -0.1) is 0 Å². The van der Waals surface area contributed by atoms with Crippen molar-refractivity contribution in [2.45, 2.75) is 40.5 Å². The predicted molar refractivity (Wildman–Crippen MR) is 56.9 cm³/mol. The number of aryl methyl sites for hydroxylation is 2. The quantitative estimate of drug-likeness (QED) is 0.690. The molecule has 0 aromatic carbocycles. The average Bonchev–Trinajstić information content (AvgIpc) is 2.03. The summed E-state index contributed by atoms with van der Waals surface area (Å²) in [6, 6.07) is 0. The van der Waals surface area contributed by atoms with Crippen LogP contribution in [0, 0.1) is 19.8 Å². The monoisotopic (exact) mass is 177 g/mol. The van der Waals surface area contributed by atoms with Gasteiger partial charge in [0.05, 0.1) is 0 Å². The van der Waals surface area contributed by atoms with Gasteiger partial charge in [-0.25, -0.2) is 0 Å². The van der Waals surface area contributed by atoms with Crippen LogP contribution in [0.2, 0.25) is 0 Å². The van der Waals surface area contributed by atoms with Crippen LogP contribution in [0.15, 0.2) is 12.4 Å². The van der Waals surface area contributed by atoms with E-state index < -0.39 is 0 Å². The van der Waals surface area contributed by atoms with Gasteiger partial charge in [0, 0.05) is 12.4 Å². The normalized spacial score (nSPS) is 10.8. The molecule has 0 N–H and O–H groups in total. The third kappa shape index (κ3) is 2.83. The van der Waals surface area contributed by atoms with Crippen LogP contribution in [-0.4, -0.2) is 4.98 Å². The Balaban J connectivity index is 2.75. The molecular weight excluding hydrogens is 158 g/mol. The van der Waals surface area contributed by atoms with Crippen LogP contribution >= 0.6 is 0 Å². The first kappa shape index (κ1) is 10.2. The molecule has 0 fully saturated rings. The van der Waals surface area contributed by atoms with Crippen LogP contribution in [0.1, 0.15) is 37.0 Å². The summed E-state index contributed by atoms with van der Waals surface area (Å²) in [7, 11) is 0. The van der Waals surface area contributed by atoms with Crippen molar-refractivity contribution in [1.29, 1.82) is 0 Å². The van der Waals surface area contributed by atoms with Crippen LogP contribution in [0.4, 0.5) is 0 Å². The van der Waals surface area contributed by atoms with Gasteiger partial charge in [-0.2, -0.15) is 0 Å². The molecule has 0 spiro atoms. The fourth-order valence-corrected chi connectivity index (χ4v) is 1.56. The first-order chi connectivity index (χ1) is 6.11. The Hall–Kier alpha value is -0.850. The second kappa shape index (κ2) is 4.40. The first-order valence-electron chi connectivity index (χ1n) is 5.01. The smallest absolute Gasteiger partial charge is 0.0300 e. The molecule has 0 aliphatic carbocycles. The van der Waals surface area contributed by atoms with Crippen molar-refractivity contribution in [1.82, 2.24) is 4.98 Å². The van der Waals surface area contributed by atoms with E-state index >= 15 is 0 Å². The van der Waals surface area contributed by atoms with E-state index in [1.54, 1.807) is 0 Å². The molecule has 1 aromatic rings. The van der Waals surface area contributed by atoms with Crippen molar-refractivity contribution in [3.05, 3.63) is 29.1 Å². The molecule has 1 aromatic heterocycles. The Morgan fingerprint density at radius 2 is 1.69 bits per heavy atom. The second-order valence-electron chi connectivity index (χ2n) is 4.18. The molecule has 0 aliphatic heterocycles. The summed E-state index contributed by atoms with van der Waals surface area (Å²) in [5.74, 6) is 0.784. The molecule has 13 heavy (non-hydrogen) atoms. The van der Waals surface area contributed by atoms with Crippen molar-refractivity contribution in [3.63, 3.8) is 0 Å². The summed E-state index contributed by atoms with van der Waals surface area (Å²) >= 11 is 0. The zero-order chi connectivity index (χ0) is 9.84. The van der Waals surface area contributed by atoms with Crippen molar-refractivity contribution in [3.8, 4) is 0 Å². The lowest BCUT2D eigenvalue weighted by molar-refractivity contribution is 0.584. The summed E-state index contributed by atoms with van der Waals surface area (Å²) in [4.78, 5) is 4.17. The van der Waals surface area contributed by atoms with Crippen LogP contribution in [0.25, 0.3) is 0 Å². The molecule has 0 unspecified atom stereocenters. The highest BCUT2D eigenvalue weighted by atomic mass is 14.6. The van der Waals surface area contributed by atoms with Gasteiger partial charge in [-0.1, -0.05) is 13.8 Å². The maximum Gasteiger partial charge on any atom is 0.0300 e. The third-order valence-corrected chi connectivity index (χ3v) is 2.46. The molecule has 1 heteroatoms. The van der Waals surface area contributed by atoms with Crippen LogP contribution in [0.3, 0.4) is 0 Å². The lowest BCUT2D eigenvalue weighted by Gasteiger charge is -2.10. The Kier molecular flexibility index (Phi) is 3.47. The van der Waals surface area contributed by atoms with E-state index in [-0.39, 0.29) is 0 Å². The number of aromatic nitrogens is 1. The lowest BCUT2D eigenvalue weighted by atomic mass is 9.97. The highest BCUT2D eigenvalue weighted by molar-refractivity contribution is 5.29. The minimum absolute atomic E-state index is 0.784. The number of hydrogen-bond acceptors (Lipinski definition) is 1. The second-order valence-corrected chi connectivity index (χ2v) is 4.18. The van der Waals surface area contributed by atoms with Gasteiger partial charge < -0.3 is 0 Å². The Morgan fingerprint density at radius 1 is 1.15 bits per heavy atom. The minimum atomic E-state index is 0.784. The third-order valence-electron chi connectivity index (χ3n) is 2.46. The standard InChI is InChI=1S/C12H19N/c1-9(2)5-6-12-10(3)7-13-8-11(12)4/h7-9H,5-6H2,1-4H3. The van der Waals surface area contributed by atoms with E-state index in [4.69, 9.17) is 0 Å². The van der Waals surface area contributed by atoms with Crippen LogP contribution in [0.5, 0.6) is 0 Å². The van der Waals surface area contributed by atoms with Gasteiger partial charge >= 0.3 is 0 Å². The van der Waals surface area contributed by atoms with Gasteiger partial charge in [0.25, 0.3) is 0 Å². The van der Waals surface area contributed by atoms with Gasteiger partial charge in [0.15, 0.2) is 0 Å². The highest BCUT2D eigenvalue weighted by Gasteiger charge is 2.03. The molecule has 1 rings (SSSR count). The van der Waals surface area contributed by atoms with Crippen molar-refractivity contribution in [2.24, 2.45) is 5.92 Å². The molecule has 0 aliphatic rings. The van der Waals surface area contributed by atoms with Gasteiger partial charge in [-0.3, -0.25) is 4.98 Å². The molecule has 0 saturated heterocycles. The predicted octanol–water partition coefficient (Wildman–Crippen LogP) is 3.29. The molecule has 0 amide bonds. The van der Waals surface area contributed by atoms with Crippen LogP contribution < -0.4 is 0 Å². The summed E-state index contributed by atoms with van der Waals surface area (Å²) in [6.07, 6.45) is 6.38. The first-order valence-corrected chi connectivity index (χ1v) is 5.01. The molecule has 1 heterocycles. The zero-order valence-corrected chi connectivity index (χ0v) is 9.09. The molecule has 0 bridgehead atoms. The largest absolute Gasteiger partial charge is 0.264 e. The maximum absolute atomic E-state index is 4.17. The van der Waals surface area contributed by atoms with Crippen LogP contribution in [-0.2, 0) is 6.42 Å². The summed E-state index contributed by atoms with van der Waals surface area (Å²) in [5, 5.41) is 0. The van der Waals surface area contributed by atoms with E-state index in [0.717, 1.165) is 5.92 Å². The van der Waals surface area contributed by atoms with Crippen molar-refractivity contribution < 1.29 is 0 Å². The van der Waals surface area contributed by atoms with Gasteiger partial charge in [0.1, 0.15) is 0 Å². The fraction of sp³-hybridized carbons (Fsp3) is 0.583. The van der Waals surface area contributed by atoms with Gasteiger partial charge in [0.2, 0.25) is 0 Å². The molecule has 0 saturated carbocycles. The van der Waals surface area contributed by atoms with Crippen molar-refractivity contribution >= 4 is 0 Å². The highest BCUT2D eigenvalue weighted by Crippen LogP contribution is 2.15. The van der Waals surface area contributed by atoms with Gasteiger partial charge in [-0.05, 0) is 49.3 Å². The van der Waals surface area contributed by atoms with E-state index in [1.165, 1.54) is 29.5 Å². The Bertz CT molecular complexity index is 256. The average molecular weight is 177 g/mol. The Morgan fingerprint density at radius 3 is 2.15 bits per heavy atom. The molecule has 0 radical (unpaired) electrons. The van der Waals surface area contributed by atoms with Crippen molar-refractivity contribution in [2.75, 3.05) is 0 Å². The lowest BCUT2D eigenvalue weighted by Crippen LogP contribution is -1.98. The van der Waals surface area contributed by atoms with E-state index in [9.17, 15) is 0 Å². The SMILES string of the molecule is Cc1cncc(C)c1CCC(C)C. The summed E-state index contributed by atoms with van der Waals surface area (Å²) < 4.78 is 0. The fourth-order valence-electron chi connectivity index (χ4n) is 1.56. The minimum Gasteiger partial charge on any atom is -0.264 e. The number of nitrogens with zero attached hydrogens (tertiary/aromatic N) is 1. The zero-order valence-electron chi connectivity index (χ0n) is 9.09. The maximum atomic E-state index is 4.17. The van der Waals surface area contributed by atoms with E-state index in [0.29, 0.717) is 0 Å². The topological polar surface area (TPSA) is 12.9 Å². The molecule has 0 atom stereocenters. The van der Waals surface area contributed by atoms with E-state index in [2.05, 4.69) is 32.7 Å². The molecule has 1 nitrogen and oxygen atoms in total. The summed E-state index contributed by atoms with van der Waals surface area (Å²) in [6.45, 7) is 8.84. The summed E-state index contributed by atoms with van der Waals surface area (Å²) in [5.41, 5.74) is 4.16. The number of pyridine rings is 1. The Labute approximate surface area is 81.2 Å². The molecular formula is C12H19N. The number of rotatable bonds is 3. The molecule has 72 valence electrons. The number of hydrogen-bond donors (Lipinski definition) is 0. The van der Waals surface area contributed by atoms with E-state index in [1.807, 2.05) is 12.4 Å².